The molecule has 3 aromatic carbocycles. The van der Waals surface area contributed by atoms with E-state index < -0.39 is 33.2 Å². The van der Waals surface area contributed by atoms with Gasteiger partial charge >= 0.3 is 0 Å². The van der Waals surface area contributed by atoms with E-state index >= 15 is 0 Å². The topological polar surface area (TPSA) is 180 Å². The van der Waals surface area contributed by atoms with Crippen molar-refractivity contribution in [2.24, 2.45) is 0 Å². The van der Waals surface area contributed by atoms with Crippen molar-refractivity contribution >= 4 is 33.9 Å². The summed E-state index contributed by atoms with van der Waals surface area (Å²) in [6.45, 7) is 0. The van der Waals surface area contributed by atoms with Crippen LogP contribution in [0, 0.1) is 37.0 Å². The average molecular weight is 463 g/mol. The van der Waals surface area contributed by atoms with Crippen molar-refractivity contribution in [2.75, 3.05) is 5.73 Å². The fourth-order valence-electron chi connectivity index (χ4n) is 3.16. The number of aliphatic hydroxyl groups is 1. The van der Waals surface area contributed by atoms with E-state index in [9.17, 15) is 30.6 Å². The van der Waals surface area contributed by atoms with Crippen LogP contribution in [-0.2, 0) is 0 Å². The van der Waals surface area contributed by atoms with Gasteiger partial charge in [0.05, 0.1) is 32.6 Å². The number of non-ortho nitro benzene ring substituents is 1. The summed E-state index contributed by atoms with van der Waals surface area (Å²) in [6, 6.07) is 18.2. The monoisotopic (exact) mass is 463 g/mol. The number of nitro groups is 2. The maximum absolute atomic E-state index is 11.4. The van der Waals surface area contributed by atoms with Crippen LogP contribution in [0.2, 0.25) is 0 Å². The fourth-order valence-corrected chi connectivity index (χ4v) is 4.03. The van der Waals surface area contributed by atoms with Gasteiger partial charge in [0.25, 0.3) is 11.4 Å². The first-order valence-corrected chi connectivity index (χ1v) is 10.3. The summed E-state index contributed by atoms with van der Waals surface area (Å²) in [5.41, 5.74) is 5.84. The number of nitro benzene ring substituents is 2. The van der Waals surface area contributed by atoms with Crippen LogP contribution in [-0.4, -0.2) is 20.0 Å². The zero-order chi connectivity index (χ0) is 24.1. The molecule has 0 aromatic heterocycles. The normalized spacial score (nSPS) is 12.4. The zero-order valence-electron chi connectivity index (χ0n) is 16.9. The largest absolute Gasteiger partial charge is 0.398 e. The Kier molecular flexibility index (Phi) is 7.02. The zero-order valence-corrected chi connectivity index (χ0v) is 17.7. The number of para-hydroxylation sites is 1. The summed E-state index contributed by atoms with van der Waals surface area (Å²) in [5, 5.41) is 51.3. The minimum Gasteiger partial charge on any atom is -0.398 e. The Bertz CT molecular complexity index is 1290. The second-order valence-electron chi connectivity index (χ2n) is 6.90. The SMILES string of the molecule is N#CC(C(=N)Sc1ccccc1N)c1cccc(C(O)c2ccc([N+](=O)[O-])cc2[N+](=O)[O-])c1. The third kappa shape index (κ3) is 5.15. The summed E-state index contributed by atoms with van der Waals surface area (Å²) in [6.07, 6.45) is -1.47. The van der Waals surface area contributed by atoms with Gasteiger partial charge in [-0.25, -0.2) is 0 Å². The van der Waals surface area contributed by atoms with Crippen LogP contribution in [0.3, 0.4) is 0 Å². The molecule has 33 heavy (non-hydrogen) atoms. The molecule has 10 nitrogen and oxygen atoms in total. The Morgan fingerprint density at radius 1 is 1.03 bits per heavy atom. The molecule has 3 aromatic rings. The second-order valence-corrected chi connectivity index (χ2v) is 7.98. The molecule has 166 valence electrons. The van der Waals surface area contributed by atoms with Crippen molar-refractivity contribution in [1.29, 1.82) is 10.7 Å². The van der Waals surface area contributed by atoms with Crippen LogP contribution in [0.5, 0.6) is 0 Å². The predicted molar refractivity (Wildman–Crippen MR) is 123 cm³/mol. The van der Waals surface area contributed by atoms with Crippen molar-refractivity contribution in [1.82, 2.24) is 0 Å². The molecule has 2 unspecified atom stereocenters. The minimum atomic E-state index is -1.47. The number of hydrogen-bond acceptors (Lipinski definition) is 9. The highest BCUT2D eigenvalue weighted by atomic mass is 32.2. The Balaban J connectivity index is 1.93. The molecule has 11 heteroatoms. The summed E-state index contributed by atoms with van der Waals surface area (Å²) in [5.74, 6) is -0.964. The molecule has 0 amide bonds. The van der Waals surface area contributed by atoms with E-state index in [0.717, 1.165) is 30.0 Å². The first-order chi connectivity index (χ1) is 15.7. The number of thioether (sulfide) groups is 1. The number of nitrogen functional groups attached to an aromatic ring is 1. The van der Waals surface area contributed by atoms with E-state index in [1.54, 1.807) is 36.4 Å². The summed E-state index contributed by atoms with van der Waals surface area (Å²) < 4.78 is 0. The summed E-state index contributed by atoms with van der Waals surface area (Å²) in [7, 11) is 0. The Morgan fingerprint density at radius 2 is 1.73 bits per heavy atom. The number of benzene rings is 3. The number of aliphatic hydroxyl groups excluding tert-OH is 1. The van der Waals surface area contributed by atoms with Crippen molar-refractivity contribution < 1.29 is 15.0 Å². The van der Waals surface area contributed by atoms with Gasteiger partial charge in [0.2, 0.25) is 0 Å². The molecule has 0 fully saturated rings. The number of hydrogen-bond donors (Lipinski definition) is 3. The molecule has 4 N–H and O–H groups in total. The van der Waals surface area contributed by atoms with E-state index in [4.69, 9.17) is 11.1 Å². The van der Waals surface area contributed by atoms with E-state index in [2.05, 4.69) is 6.07 Å². The Hall–Kier alpha value is -4.27. The van der Waals surface area contributed by atoms with Crippen molar-refractivity contribution in [3.05, 3.63) is 104 Å². The second kappa shape index (κ2) is 9.90. The smallest absolute Gasteiger partial charge is 0.282 e. The van der Waals surface area contributed by atoms with Gasteiger partial charge in [-0.2, -0.15) is 5.26 Å². The maximum atomic E-state index is 11.4. The standard InChI is InChI=1S/C22H17N5O5S/c23-12-17(22(25)33-20-7-2-1-6-18(20)24)13-4-3-5-14(10-13)21(28)16-9-8-15(26(29)30)11-19(16)27(31)32/h1-11,17,21,25,28H,24H2. The number of rotatable bonds is 7. The Labute approximate surface area is 192 Å². The molecule has 2 atom stereocenters. The lowest BCUT2D eigenvalue weighted by Crippen LogP contribution is -2.09. The van der Waals surface area contributed by atoms with Gasteiger partial charge in [0.15, 0.2) is 0 Å². The van der Waals surface area contributed by atoms with Gasteiger partial charge < -0.3 is 10.8 Å². The molecule has 3 rings (SSSR count). The number of nitrogens with one attached hydrogen (secondary N) is 1. The molecular formula is C22H17N5O5S. The van der Waals surface area contributed by atoms with Gasteiger partial charge in [-0.3, -0.25) is 25.6 Å². The number of nitriles is 1. The van der Waals surface area contributed by atoms with Gasteiger partial charge in [-0.1, -0.05) is 48.2 Å². The molecular weight excluding hydrogens is 446 g/mol. The summed E-state index contributed by atoms with van der Waals surface area (Å²) in [4.78, 5) is 21.5. The molecule has 0 aliphatic rings. The lowest BCUT2D eigenvalue weighted by atomic mass is 9.94. The molecule has 0 bridgehead atoms. The average Bonchev–Trinajstić information content (AvgIpc) is 2.80. The molecule has 0 heterocycles. The van der Waals surface area contributed by atoms with E-state index in [1.807, 2.05) is 0 Å². The van der Waals surface area contributed by atoms with Crippen molar-refractivity contribution in [3.8, 4) is 6.07 Å². The molecule has 0 saturated carbocycles. The molecule has 0 saturated heterocycles. The van der Waals surface area contributed by atoms with Crippen LogP contribution >= 0.6 is 11.8 Å². The first-order valence-electron chi connectivity index (χ1n) is 9.44. The van der Waals surface area contributed by atoms with Gasteiger partial charge in [-0.15, -0.1) is 0 Å². The van der Waals surface area contributed by atoms with E-state index in [1.165, 1.54) is 12.1 Å². The number of nitrogens with zero attached hydrogens (tertiary/aromatic N) is 3. The molecule has 0 spiro atoms. The fraction of sp³-hybridized carbons (Fsp3) is 0.0909. The minimum absolute atomic E-state index is 0.0170. The molecule has 0 radical (unpaired) electrons. The van der Waals surface area contributed by atoms with Gasteiger partial charge in [0.1, 0.15) is 12.0 Å². The highest BCUT2D eigenvalue weighted by Gasteiger charge is 2.26. The lowest BCUT2D eigenvalue weighted by Gasteiger charge is -2.16. The van der Waals surface area contributed by atoms with E-state index in [0.29, 0.717) is 16.1 Å². The van der Waals surface area contributed by atoms with Crippen LogP contribution in [0.25, 0.3) is 0 Å². The molecule has 0 aliphatic carbocycles. The molecule has 0 aliphatic heterocycles. The van der Waals surface area contributed by atoms with Crippen LogP contribution < -0.4 is 5.73 Å². The van der Waals surface area contributed by atoms with Crippen LogP contribution in [0.1, 0.15) is 28.7 Å². The highest BCUT2D eigenvalue weighted by molar-refractivity contribution is 8.14. The van der Waals surface area contributed by atoms with Gasteiger partial charge in [0, 0.05) is 16.6 Å². The summed E-state index contributed by atoms with van der Waals surface area (Å²) >= 11 is 1.04. The van der Waals surface area contributed by atoms with Crippen molar-refractivity contribution in [3.63, 3.8) is 0 Å². The number of nitrogens with two attached hydrogens (primary N) is 1. The quantitative estimate of drug-likeness (QED) is 0.114. The maximum Gasteiger partial charge on any atom is 0.282 e. The number of anilines is 1. The first kappa shape index (κ1) is 23.4. The van der Waals surface area contributed by atoms with Crippen LogP contribution in [0.15, 0.2) is 71.6 Å². The highest BCUT2D eigenvalue weighted by Crippen LogP contribution is 2.35. The Morgan fingerprint density at radius 3 is 2.36 bits per heavy atom. The lowest BCUT2D eigenvalue weighted by molar-refractivity contribution is -0.394. The van der Waals surface area contributed by atoms with Crippen LogP contribution in [0.4, 0.5) is 17.1 Å². The van der Waals surface area contributed by atoms with E-state index in [-0.39, 0.29) is 16.2 Å². The predicted octanol–water partition coefficient (Wildman–Crippen LogP) is 4.54. The van der Waals surface area contributed by atoms with Gasteiger partial charge in [-0.05, 0) is 29.3 Å². The third-order valence-corrected chi connectivity index (χ3v) is 5.85. The van der Waals surface area contributed by atoms with Crippen molar-refractivity contribution in [2.45, 2.75) is 16.9 Å². The third-order valence-electron chi connectivity index (χ3n) is 4.81.